The molecule has 0 fully saturated rings. The maximum atomic E-state index is 11.9. The number of carbonyl (C=O) groups excluding carboxylic acids is 1. The second-order valence-electron chi connectivity index (χ2n) is 4.12. The average molecular weight is 324 g/mol. The molecule has 0 spiro atoms. The number of anilines is 1. The minimum absolute atomic E-state index is 0.00563. The minimum Gasteiger partial charge on any atom is -0.396 e. The molecule has 0 atom stereocenters. The lowest BCUT2D eigenvalue weighted by Crippen LogP contribution is -2.10. The monoisotopic (exact) mass is 323 g/mol. The molecule has 0 aliphatic carbocycles. The lowest BCUT2D eigenvalue weighted by molar-refractivity contribution is 0.0982. The van der Waals surface area contributed by atoms with Crippen molar-refractivity contribution in [3.63, 3.8) is 0 Å². The molecule has 0 saturated heterocycles. The summed E-state index contributed by atoms with van der Waals surface area (Å²) in [6.07, 6.45) is 0.421. The third kappa shape index (κ3) is 4.67. The number of carbonyl (C=O) groups is 1. The standard InChI is InChI=1S/C12H15Cl2NO3S/c1-2-19(17,18)5-3-4-11(16)8-6-9(13)12(15)10(14)7-8/h6-7H,2-5,15H2,1H3. The first-order valence-corrected chi connectivity index (χ1v) is 8.32. The van der Waals surface area contributed by atoms with Crippen LogP contribution in [0.4, 0.5) is 5.69 Å². The largest absolute Gasteiger partial charge is 0.396 e. The van der Waals surface area contributed by atoms with Gasteiger partial charge in [-0.15, -0.1) is 0 Å². The van der Waals surface area contributed by atoms with Crippen molar-refractivity contribution in [1.82, 2.24) is 0 Å². The SMILES string of the molecule is CCS(=O)(=O)CCCC(=O)c1cc(Cl)c(N)c(Cl)c1. The van der Waals surface area contributed by atoms with E-state index < -0.39 is 9.84 Å². The summed E-state index contributed by atoms with van der Waals surface area (Å²) in [7, 11) is -3.04. The molecule has 0 amide bonds. The molecule has 0 aromatic heterocycles. The fourth-order valence-corrected chi connectivity index (χ4v) is 2.85. The molecule has 19 heavy (non-hydrogen) atoms. The Kier molecular flexibility index (Phi) is 5.64. The van der Waals surface area contributed by atoms with Crippen LogP contribution in [0.2, 0.25) is 10.0 Å². The summed E-state index contributed by atoms with van der Waals surface area (Å²) >= 11 is 11.7. The van der Waals surface area contributed by atoms with Crippen LogP contribution in [0, 0.1) is 0 Å². The van der Waals surface area contributed by atoms with Crippen LogP contribution in [0.3, 0.4) is 0 Å². The minimum atomic E-state index is -3.04. The van der Waals surface area contributed by atoms with Gasteiger partial charge in [0.25, 0.3) is 0 Å². The Morgan fingerprint density at radius 2 is 1.79 bits per heavy atom. The number of benzene rings is 1. The normalized spacial score (nSPS) is 11.5. The van der Waals surface area contributed by atoms with Crippen molar-refractivity contribution in [3.05, 3.63) is 27.7 Å². The summed E-state index contributed by atoms with van der Waals surface area (Å²) in [5, 5.41) is 0.439. The van der Waals surface area contributed by atoms with E-state index in [1.807, 2.05) is 0 Å². The van der Waals surface area contributed by atoms with Crippen molar-refractivity contribution < 1.29 is 13.2 Å². The topological polar surface area (TPSA) is 77.2 Å². The van der Waals surface area contributed by atoms with Crippen molar-refractivity contribution in [2.45, 2.75) is 19.8 Å². The lowest BCUT2D eigenvalue weighted by Gasteiger charge is -2.06. The summed E-state index contributed by atoms with van der Waals surface area (Å²) in [5.41, 5.74) is 6.15. The molecule has 0 aliphatic rings. The highest BCUT2D eigenvalue weighted by Crippen LogP contribution is 2.29. The van der Waals surface area contributed by atoms with Crippen LogP contribution in [-0.4, -0.2) is 25.7 Å². The lowest BCUT2D eigenvalue weighted by atomic mass is 10.1. The van der Waals surface area contributed by atoms with E-state index in [0.717, 1.165) is 0 Å². The van der Waals surface area contributed by atoms with Crippen LogP contribution in [0.25, 0.3) is 0 Å². The van der Waals surface area contributed by atoms with Crippen LogP contribution in [0.15, 0.2) is 12.1 Å². The zero-order chi connectivity index (χ0) is 14.6. The third-order valence-electron chi connectivity index (χ3n) is 2.70. The summed E-state index contributed by atoms with van der Waals surface area (Å²) in [6, 6.07) is 2.89. The molecular weight excluding hydrogens is 309 g/mol. The Balaban J connectivity index is 2.70. The molecule has 0 bridgehead atoms. The third-order valence-corrected chi connectivity index (χ3v) is 5.12. The second-order valence-corrected chi connectivity index (χ2v) is 7.40. The van der Waals surface area contributed by atoms with Gasteiger partial charge < -0.3 is 5.73 Å². The van der Waals surface area contributed by atoms with Gasteiger partial charge in [0.2, 0.25) is 0 Å². The first kappa shape index (κ1) is 16.3. The second kappa shape index (κ2) is 6.59. The number of hydrogen-bond donors (Lipinski definition) is 1. The van der Waals surface area contributed by atoms with Crippen LogP contribution in [0.5, 0.6) is 0 Å². The van der Waals surface area contributed by atoms with Crippen LogP contribution in [-0.2, 0) is 9.84 Å². The van der Waals surface area contributed by atoms with Gasteiger partial charge >= 0.3 is 0 Å². The van der Waals surface area contributed by atoms with Gasteiger partial charge in [0.1, 0.15) is 9.84 Å². The molecule has 0 radical (unpaired) electrons. The van der Waals surface area contributed by atoms with Crippen LogP contribution < -0.4 is 5.73 Å². The van der Waals surface area contributed by atoms with E-state index in [9.17, 15) is 13.2 Å². The van der Waals surface area contributed by atoms with Gasteiger partial charge in [0.15, 0.2) is 5.78 Å². The zero-order valence-corrected chi connectivity index (χ0v) is 12.8. The first-order valence-electron chi connectivity index (χ1n) is 5.75. The summed E-state index contributed by atoms with van der Waals surface area (Å²) in [4.78, 5) is 11.9. The Morgan fingerprint density at radius 3 is 2.26 bits per heavy atom. The number of sulfone groups is 1. The first-order chi connectivity index (χ1) is 8.76. The molecule has 0 saturated carbocycles. The van der Waals surface area contributed by atoms with E-state index in [1.54, 1.807) is 6.92 Å². The molecule has 0 heterocycles. The van der Waals surface area contributed by atoms with E-state index in [1.165, 1.54) is 12.1 Å². The molecule has 0 unspecified atom stereocenters. The Morgan fingerprint density at radius 1 is 1.26 bits per heavy atom. The number of ketones is 1. The molecule has 1 aromatic carbocycles. The van der Waals surface area contributed by atoms with Gasteiger partial charge in [0, 0.05) is 17.7 Å². The highest BCUT2D eigenvalue weighted by atomic mass is 35.5. The van der Waals surface area contributed by atoms with Gasteiger partial charge in [-0.1, -0.05) is 30.1 Å². The zero-order valence-electron chi connectivity index (χ0n) is 10.4. The van der Waals surface area contributed by atoms with Crippen molar-refractivity contribution in [2.75, 3.05) is 17.2 Å². The van der Waals surface area contributed by atoms with E-state index in [0.29, 0.717) is 5.56 Å². The van der Waals surface area contributed by atoms with E-state index in [4.69, 9.17) is 28.9 Å². The maximum Gasteiger partial charge on any atom is 0.163 e. The number of nitrogens with two attached hydrogens (primary N) is 1. The molecule has 1 rings (SSSR count). The van der Waals surface area contributed by atoms with Crippen molar-refractivity contribution >= 4 is 44.5 Å². The fourth-order valence-electron chi connectivity index (χ4n) is 1.49. The average Bonchev–Trinajstić information content (AvgIpc) is 2.35. The fraction of sp³-hybridized carbons (Fsp3) is 0.417. The Hall–Kier alpha value is -0.780. The Labute approximate surface area is 122 Å². The molecular formula is C12H15Cl2NO3S. The predicted molar refractivity (Wildman–Crippen MR) is 78.8 cm³/mol. The van der Waals surface area contributed by atoms with Crippen molar-refractivity contribution in [1.29, 1.82) is 0 Å². The highest BCUT2D eigenvalue weighted by molar-refractivity contribution is 7.91. The smallest absolute Gasteiger partial charge is 0.163 e. The summed E-state index contributed by atoms with van der Waals surface area (Å²) < 4.78 is 22.6. The Bertz CT molecular complexity index is 562. The number of hydrogen-bond acceptors (Lipinski definition) is 4. The van der Waals surface area contributed by atoms with Gasteiger partial charge in [-0.2, -0.15) is 0 Å². The highest BCUT2D eigenvalue weighted by Gasteiger charge is 2.13. The quantitative estimate of drug-likeness (QED) is 0.644. The van der Waals surface area contributed by atoms with Gasteiger partial charge in [-0.25, -0.2) is 8.42 Å². The van der Waals surface area contributed by atoms with E-state index in [-0.39, 0.29) is 45.9 Å². The van der Waals surface area contributed by atoms with Gasteiger partial charge in [0.05, 0.1) is 21.5 Å². The number of rotatable bonds is 6. The number of Topliss-reactive ketones (excluding diaryl/α,β-unsaturated/α-hetero) is 1. The molecule has 0 aliphatic heterocycles. The summed E-state index contributed by atoms with van der Waals surface area (Å²) in [6.45, 7) is 1.58. The molecule has 7 heteroatoms. The predicted octanol–water partition coefficient (Wildman–Crippen LogP) is 2.97. The van der Waals surface area contributed by atoms with Gasteiger partial charge in [-0.3, -0.25) is 4.79 Å². The molecule has 106 valence electrons. The molecule has 1 aromatic rings. The van der Waals surface area contributed by atoms with Crippen molar-refractivity contribution in [3.8, 4) is 0 Å². The van der Waals surface area contributed by atoms with E-state index in [2.05, 4.69) is 0 Å². The van der Waals surface area contributed by atoms with Crippen molar-refractivity contribution in [2.24, 2.45) is 0 Å². The molecule has 2 N–H and O–H groups in total. The summed E-state index contributed by atoms with van der Waals surface area (Å²) in [5.74, 6) is -0.109. The number of nitrogen functional groups attached to an aromatic ring is 1. The number of halogens is 2. The van der Waals surface area contributed by atoms with E-state index >= 15 is 0 Å². The molecule has 4 nitrogen and oxygen atoms in total. The van der Waals surface area contributed by atoms with Crippen LogP contribution in [0.1, 0.15) is 30.1 Å². The maximum absolute atomic E-state index is 11.9. The van der Waals surface area contributed by atoms with Crippen LogP contribution >= 0.6 is 23.2 Å². The van der Waals surface area contributed by atoms with Gasteiger partial charge in [-0.05, 0) is 18.6 Å².